The van der Waals surface area contributed by atoms with Gasteiger partial charge in [0.05, 0.1) is 12.0 Å². The average Bonchev–Trinajstić information content (AvgIpc) is 2.97. The number of carbonyl (C=O) groups excluding carboxylic acids is 1. The highest BCUT2D eigenvalue weighted by atomic mass is 16.4. The van der Waals surface area contributed by atoms with E-state index >= 15 is 0 Å². The molecule has 1 amide bonds. The van der Waals surface area contributed by atoms with Crippen molar-refractivity contribution in [3.05, 3.63) is 29.8 Å². The molecule has 1 fully saturated rings. The van der Waals surface area contributed by atoms with Gasteiger partial charge in [0.2, 0.25) is 5.91 Å². The molecule has 2 N–H and O–H groups in total. The topological polar surface area (TPSA) is 69.6 Å². The lowest BCUT2D eigenvalue weighted by molar-refractivity contribution is -0.141. The van der Waals surface area contributed by atoms with Crippen LogP contribution >= 0.6 is 0 Å². The highest BCUT2D eigenvalue weighted by Crippen LogP contribution is 2.19. The third-order valence-corrected chi connectivity index (χ3v) is 4.13. The van der Waals surface area contributed by atoms with Gasteiger partial charge in [0.15, 0.2) is 0 Å². The second-order valence-electron chi connectivity index (χ2n) is 5.53. The zero-order valence-corrected chi connectivity index (χ0v) is 12.5. The largest absolute Gasteiger partial charge is 0.481 e. The second kappa shape index (κ2) is 6.72. The zero-order valence-electron chi connectivity index (χ0n) is 12.5. The molecule has 2 unspecified atom stereocenters. The molecule has 0 aromatic heterocycles. The number of anilines is 1. The van der Waals surface area contributed by atoms with Crippen LogP contribution in [0.1, 0.15) is 25.8 Å². The average molecular weight is 290 g/mol. The van der Waals surface area contributed by atoms with Crippen LogP contribution in [0.5, 0.6) is 0 Å². The van der Waals surface area contributed by atoms with Gasteiger partial charge < -0.3 is 10.4 Å². The first-order valence-electron chi connectivity index (χ1n) is 7.38. The van der Waals surface area contributed by atoms with E-state index in [0.717, 1.165) is 12.1 Å². The molecule has 1 aromatic carbocycles. The van der Waals surface area contributed by atoms with Gasteiger partial charge >= 0.3 is 5.97 Å². The molecule has 114 valence electrons. The number of hydrogen-bond donors (Lipinski definition) is 2. The fourth-order valence-corrected chi connectivity index (χ4v) is 2.58. The normalized spacial score (nSPS) is 20.2. The van der Waals surface area contributed by atoms with Gasteiger partial charge in [0, 0.05) is 12.2 Å². The molecule has 0 aliphatic carbocycles. The van der Waals surface area contributed by atoms with Crippen molar-refractivity contribution in [2.45, 2.75) is 32.7 Å². The summed E-state index contributed by atoms with van der Waals surface area (Å²) in [5.74, 6) is -1.23. The maximum absolute atomic E-state index is 12.2. The first kappa shape index (κ1) is 15.5. The molecule has 0 spiro atoms. The molecule has 1 aliphatic heterocycles. The summed E-state index contributed by atoms with van der Waals surface area (Å²) in [6.07, 6.45) is 1.58. The van der Waals surface area contributed by atoms with Gasteiger partial charge in [-0.15, -0.1) is 0 Å². The molecule has 2 atom stereocenters. The van der Waals surface area contributed by atoms with E-state index in [2.05, 4.69) is 12.2 Å². The van der Waals surface area contributed by atoms with E-state index in [1.807, 2.05) is 36.1 Å². The van der Waals surface area contributed by atoms with E-state index < -0.39 is 5.97 Å². The number of likely N-dealkylation sites (tertiary alicyclic amines) is 1. The van der Waals surface area contributed by atoms with Gasteiger partial charge in [-0.25, -0.2) is 0 Å². The number of hydrogen-bond acceptors (Lipinski definition) is 3. The van der Waals surface area contributed by atoms with Crippen LogP contribution in [0.25, 0.3) is 0 Å². The molecule has 5 nitrogen and oxygen atoms in total. The smallest absolute Gasteiger partial charge is 0.307 e. The third-order valence-electron chi connectivity index (χ3n) is 4.13. The lowest BCUT2D eigenvalue weighted by Crippen LogP contribution is -2.41. The summed E-state index contributed by atoms with van der Waals surface area (Å²) in [5.41, 5.74) is 2.00. The number of carboxylic acid groups (broad SMARTS) is 1. The molecular formula is C16H22N2O3. The van der Waals surface area contributed by atoms with Crippen molar-refractivity contribution in [1.82, 2.24) is 4.90 Å². The number of aliphatic carboxylic acids is 1. The van der Waals surface area contributed by atoms with E-state index in [0.29, 0.717) is 19.5 Å². The van der Waals surface area contributed by atoms with Gasteiger partial charge in [-0.1, -0.05) is 19.1 Å². The minimum absolute atomic E-state index is 0.0923. The van der Waals surface area contributed by atoms with Crippen molar-refractivity contribution in [1.29, 1.82) is 0 Å². The molecule has 0 saturated carbocycles. The number of aryl methyl sites for hydroxylation is 1. The van der Waals surface area contributed by atoms with Gasteiger partial charge in [0.1, 0.15) is 0 Å². The number of amides is 1. The van der Waals surface area contributed by atoms with Crippen molar-refractivity contribution >= 4 is 17.6 Å². The Morgan fingerprint density at radius 1 is 1.38 bits per heavy atom. The molecule has 0 bridgehead atoms. The van der Waals surface area contributed by atoms with Crippen molar-refractivity contribution < 1.29 is 14.7 Å². The molecule has 0 radical (unpaired) electrons. The highest BCUT2D eigenvalue weighted by Gasteiger charge is 2.33. The lowest BCUT2D eigenvalue weighted by atomic mass is 10.1. The van der Waals surface area contributed by atoms with Crippen LogP contribution in [-0.4, -0.2) is 41.0 Å². The Morgan fingerprint density at radius 3 is 2.57 bits per heavy atom. The number of rotatable bonds is 5. The summed E-state index contributed by atoms with van der Waals surface area (Å²) in [4.78, 5) is 25.1. The summed E-state index contributed by atoms with van der Waals surface area (Å²) in [7, 11) is 0. The number of carbonyl (C=O) groups is 2. The third kappa shape index (κ3) is 3.82. The van der Waals surface area contributed by atoms with Crippen LogP contribution < -0.4 is 5.32 Å². The number of nitrogens with one attached hydrogen (secondary N) is 1. The Labute approximate surface area is 125 Å². The number of benzene rings is 1. The summed E-state index contributed by atoms with van der Waals surface area (Å²) in [5, 5.41) is 11.9. The fraction of sp³-hybridized carbons (Fsp3) is 0.500. The Morgan fingerprint density at radius 2 is 2.05 bits per heavy atom. The molecule has 1 saturated heterocycles. The standard InChI is InChI=1S/C16H22N2O3/c1-3-12-4-6-14(7-5-12)17-15(19)11(2)18-9-8-13(10-18)16(20)21/h4-7,11,13H,3,8-10H2,1-2H3,(H,17,19)(H,20,21). The van der Waals surface area contributed by atoms with E-state index in [1.54, 1.807) is 0 Å². The lowest BCUT2D eigenvalue weighted by Gasteiger charge is -2.23. The predicted molar refractivity (Wildman–Crippen MR) is 81.2 cm³/mol. The summed E-state index contributed by atoms with van der Waals surface area (Å²) < 4.78 is 0. The Hall–Kier alpha value is -1.88. The highest BCUT2D eigenvalue weighted by molar-refractivity contribution is 5.94. The molecule has 1 aromatic rings. The van der Waals surface area contributed by atoms with Crippen molar-refractivity contribution in [3.63, 3.8) is 0 Å². The van der Waals surface area contributed by atoms with Crippen molar-refractivity contribution in [3.8, 4) is 0 Å². The fourth-order valence-electron chi connectivity index (χ4n) is 2.58. The van der Waals surface area contributed by atoms with Gasteiger partial charge in [-0.2, -0.15) is 0 Å². The SMILES string of the molecule is CCc1ccc(NC(=O)C(C)N2CCC(C(=O)O)C2)cc1. The van der Waals surface area contributed by atoms with Gasteiger partial charge in [-0.05, 0) is 44.0 Å². The maximum atomic E-state index is 12.2. The van der Waals surface area contributed by atoms with Crippen LogP contribution in [0.2, 0.25) is 0 Å². The molecule has 2 rings (SSSR count). The molecule has 5 heteroatoms. The minimum atomic E-state index is -0.778. The zero-order chi connectivity index (χ0) is 15.4. The number of carboxylic acids is 1. The first-order valence-corrected chi connectivity index (χ1v) is 7.38. The predicted octanol–water partition coefficient (Wildman–Crippen LogP) is 1.98. The van der Waals surface area contributed by atoms with Crippen LogP contribution in [0.15, 0.2) is 24.3 Å². The van der Waals surface area contributed by atoms with Crippen LogP contribution in [0.3, 0.4) is 0 Å². The molecule has 1 aliphatic rings. The van der Waals surface area contributed by atoms with Gasteiger partial charge in [-0.3, -0.25) is 14.5 Å². The van der Waals surface area contributed by atoms with Crippen LogP contribution in [0, 0.1) is 5.92 Å². The van der Waals surface area contributed by atoms with E-state index in [9.17, 15) is 9.59 Å². The number of nitrogens with zero attached hydrogens (tertiary/aromatic N) is 1. The maximum Gasteiger partial charge on any atom is 0.307 e. The van der Waals surface area contributed by atoms with Crippen LogP contribution in [0.4, 0.5) is 5.69 Å². The van der Waals surface area contributed by atoms with Crippen molar-refractivity contribution in [2.24, 2.45) is 5.92 Å². The van der Waals surface area contributed by atoms with Gasteiger partial charge in [0.25, 0.3) is 0 Å². The molecular weight excluding hydrogens is 268 g/mol. The summed E-state index contributed by atoms with van der Waals surface area (Å²) >= 11 is 0. The minimum Gasteiger partial charge on any atom is -0.481 e. The van der Waals surface area contributed by atoms with Crippen molar-refractivity contribution in [2.75, 3.05) is 18.4 Å². The summed E-state index contributed by atoms with van der Waals surface area (Å²) in [6, 6.07) is 7.47. The van der Waals surface area contributed by atoms with E-state index in [-0.39, 0.29) is 17.9 Å². The Kier molecular flexibility index (Phi) is 4.96. The monoisotopic (exact) mass is 290 g/mol. The Balaban J connectivity index is 1.92. The first-order chi connectivity index (χ1) is 10.0. The van der Waals surface area contributed by atoms with E-state index in [1.165, 1.54) is 5.56 Å². The second-order valence-corrected chi connectivity index (χ2v) is 5.53. The quantitative estimate of drug-likeness (QED) is 0.870. The molecule has 21 heavy (non-hydrogen) atoms. The summed E-state index contributed by atoms with van der Waals surface area (Å²) in [6.45, 7) is 5.00. The van der Waals surface area contributed by atoms with Crippen LogP contribution in [-0.2, 0) is 16.0 Å². The molecule has 1 heterocycles. The van der Waals surface area contributed by atoms with E-state index in [4.69, 9.17) is 5.11 Å². The Bertz CT molecular complexity index is 513.